The Bertz CT molecular complexity index is 692. The van der Waals surface area contributed by atoms with Crippen LogP contribution in [0.5, 0.6) is 0 Å². The lowest BCUT2D eigenvalue weighted by molar-refractivity contribution is -0.362. The van der Waals surface area contributed by atoms with E-state index in [1.54, 1.807) is 0 Å². The van der Waals surface area contributed by atoms with Crippen molar-refractivity contribution in [2.75, 3.05) is 6.61 Å². The molecule has 0 spiro atoms. The van der Waals surface area contributed by atoms with Crippen LogP contribution in [0, 0.1) is 0 Å². The predicted molar refractivity (Wildman–Crippen MR) is 91.9 cm³/mol. The van der Waals surface area contributed by atoms with E-state index >= 15 is 0 Å². The van der Waals surface area contributed by atoms with E-state index in [2.05, 4.69) is 0 Å². The Hall–Kier alpha value is -1.80. The van der Waals surface area contributed by atoms with Crippen molar-refractivity contribution in [3.63, 3.8) is 0 Å². The van der Waals surface area contributed by atoms with E-state index in [1.165, 1.54) is 0 Å². The first-order valence-electron chi connectivity index (χ1n) is 8.71. The molecule has 2 aromatic carbocycles. The fourth-order valence-electron chi connectivity index (χ4n) is 3.25. The lowest BCUT2D eigenvalue weighted by atomic mass is 9.98. The highest BCUT2D eigenvalue weighted by Gasteiger charge is 2.49. The van der Waals surface area contributed by atoms with Gasteiger partial charge in [-0.25, -0.2) is 0 Å². The first-order valence-corrected chi connectivity index (χ1v) is 8.71. The van der Waals surface area contributed by atoms with Gasteiger partial charge in [0.1, 0.15) is 24.4 Å². The number of rotatable bonds is 4. The number of aliphatic hydroxyl groups excluding tert-OH is 2. The summed E-state index contributed by atoms with van der Waals surface area (Å²) in [6.45, 7) is 0.528. The molecule has 0 saturated carbocycles. The van der Waals surface area contributed by atoms with Crippen molar-refractivity contribution >= 4 is 0 Å². The molecule has 0 amide bonds. The molecule has 138 valence electrons. The molecule has 0 aliphatic carbocycles. The molecule has 2 heterocycles. The zero-order valence-electron chi connectivity index (χ0n) is 14.2. The summed E-state index contributed by atoms with van der Waals surface area (Å²) in [5, 5.41) is 20.9. The predicted octanol–water partition coefficient (Wildman–Crippen LogP) is 1.76. The SMILES string of the molecule is O[C@@H]1[C@@H](OCc2ccccc2)O[C@H]2CO[C@H](c3ccccc3)O[C@@H]2[C@H]1O. The third-order valence-electron chi connectivity index (χ3n) is 4.66. The molecule has 2 N–H and O–H groups in total. The van der Waals surface area contributed by atoms with Crippen molar-refractivity contribution < 1.29 is 29.2 Å². The van der Waals surface area contributed by atoms with Crippen LogP contribution < -0.4 is 0 Å². The van der Waals surface area contributed by atoms with E-state index in [9.17, 15) is 10.2 Å². The highest BCUT2D eigenvalue weighted by Crippen LogP contribution is 2.34. The van der Waals surface area contributed by atoms with Crippen molar-refractivity contribution in [1.29, 1.82) is 0 Å². The van der Waals surface area contributed by atoms with Gasteiger partial charge in [-0.15, -0.1) is 0 Å². The van der Waals surface area contributed by atoms with Crippen molar-refractivity contribution in [2.24, 2.45) is 0 Å². The van der Waals surface area contributed by atoms with Crippen molar-refractivity contribution in [3.8, 4) is 0 Å². The number of fused-ring (bicyclic) bond motifs is 1. The van der Waals surface area contributed by atoms with E-state index in [4.69, 9.17) is 18.9 Å². The first kappa shape index (κ1) is 17.6. The molecule has 0 unspecified atom stereocenters. The summed E-state index contributed by atoms with van der Waals surface area (Å²) in [5.74, 6) is 0. The highest BCUT2D eigenvalue weighted by atomic mass is 16.8. The number of aliphatic hydroxyl groups is 2. The Balaban J connectivity index is 1.40. The molecular weight excluding hydrogens is 336 g/mol. The van der Waals surface area contributed by atoms with Gasteiger partial charge in [-0.3, -0.25) is 0 Å². The highest BCUT2D eigenvalue weighted by molar-refractivity contribution is 5.17. The molecule has 0 aromatic heterocycles. The van der Waals surface area contributed by atoms with Gasteiger partial charge >= 0.3 is 0 Å². The fourth-order valence-corrected chi connectivity index (χ4v) is 3.25. The van der Waals surface area contributed by atoms with Gasteiger partial charge in [-0.2, -0.15) is 0 Å². The third-order valence-corrected chi connectivity index (χ3v) is 4.66. The smallest absolute Gasteiger partial charge is 0.187 e. The fraction of sp³-hybridized carbons (Fsp3) is 0.400. The lowest BCUT2D eigenvalue weighted by Gasteiger charge is -2.46. The van der Waals surface area contributed by atoms with Gasteiger partial charge in [0.2, 0.25) is 0 Å². The van der Waals surface area contributed by atoms with Crippen LogP contribution in [0.3, 0.4) is 0 Å². The first-order chi connectivity index (χ1) is 12.7. The van der Waals surface area contributed by atoms with Crippen LogP contribution in [0.1, 0.15) is 17.4 Å². The van der Waals surface area contributed by atoms with Gasteiger partial charge in [0.25, 0.3) is 0 Å². The monoisotopic (exact) mass is 358 g/mol. The summed E-state index contributed by atoms with van der Waals surface area (Å²) >= 11 is 0. The molecule has 2 aromatic rings. The Morgan fingerprint density at radius 2 is 1.58 bits per heavy atom. The van der Waals surface area contributed by atoms with Crippen LogP contribution in [-0.2, 0) is 25.6 Å². The Labute approximate surface area is 151 Å². The maximum absolute atomic E-state index is 10.5. The average molecular weight is 358 g/mol. The summed E-state index contributed by atoms with van der Waals surface area (Å²) in [7, 11) is 0. The van der Waals surface area contributed by atoms with E-state index in [-0.39, 0.29) is 13.2 Å². The molecule has 2 fully saturated rings. The molecule has 2 aliphatic heterocycles. The maximum atomic E-state index is 10.5. The van der Waals surface area contributed by atoms with Crippen molar-refractivity contribution in [1.82, 2.24) is 0 Å². The van der Waals surface area contributed by atoms with Crippen LogP contribution in [-0.4, -0.2) is 47.5 Å². The topological polar surface area (TPSA) is 77.4 Å². The number of hydrogen-bond donors (Lipinski definition) is 2. The summed E-state index contributed by atoms with van der Waals surface area (Å²) in [5.41, 5.74) is 1.82. The molecule has 0 bridgehead atoms. The molecule has 2 saturated heterocycles. The van der Waals surface area contributed by atoms with Crippen LogP contribution in [0.15, 0.2) is 60.7 Å². The molecule has 6 nitrogen and oxygen atoms in total. The average Bonchev–Trinajstić information content (AvgIpc) is 2.71. The molecule has 6 heteroatoms. The summed E-state index contributed by atoms with van der Waals surface area (Å²) < 4.78 is 23.1. The minimum absolute atomic E-state index is 0.249. The van der Waals surface area contributed by atoms with E-state index < -0.39 is 37.0 Å². The zero-order chi connectivity index (χ0) is 17.9. The Morgan fingerprint density at radius 1 is 0.885 bits per heavy atom. The van der Waals surface area contributed by atoms with Crippen molar-refractivity contribution in [3.05, 3.63) is 71.8 Å². The van der Waals surface area contributed by atoms with Crippen LogP contribution in [0.2, 0.25) is 0 Å². The van der Waals surface area contributed by atoms with Gasteiger partial charge in [0.15, 0.2) is 12.6 Å². The Morgan fingerprint density at radius 3 is 2.31 bits per heavy atom. The molecule has 0 radical (unpaired) electrons. The molecular formula is C20H22O6. The lowest BCUT2D eigenvalue weighted by Crippen LogP contribution is -2.62. The van der Waals surface area contributed by atoms with E-state index in [0.29, 0.717) is 0 Å². The second-order valence-corrected chi connectivity index (χ2v) is 6.50. The molecule has 6 atom stereocenters. The van der Waals surface area contributed by atoms with Crippen molar-refractivity contribution in [2.45, 2.75) is 43.6 Å². The van der Waals surface area contributed by atoms with Gasteiger partial charge in [-0.05, 0) is 5.56 Å². The second kappa shape index (κ2) is 7.84. The van der Waals surface area contributed by atoms with Gasteiger partial charge in [0.05, 0.1) is 13.2 Å². The zero-order valence-corrected chi connectivity index (χ0v) is 14.2. The summed E-state index contributed by atoms with van der Waals surface area (Å²) in [6, 6.07) is 19.1. The minimum Gasteiger partial charge on any atom is -0.387 e. The molecule has 4 rings (SSSR count). The van der Waals surface area contributed by atoms with Gasteiger partial charge in [-0.1, -0.05) is 60.7 Å². The van der Waals surface area contributed by atoms with Crippen LogP contribution >= 0.6 is 0 Å². The largest absolute Gasteiger partial charge is 0.387 e. The van der Waals surface area contributed by atoms with Crippen LogP contribution in [0.4, 0.5) is 0 Å². The molecule has 26 heavy (non-hydrogen) atoms. The van der Waals surface area contributed by atoms with E-state index in [1.807, 2.05) is 60.7 Å². The van der Waals surface area contributed by atoms with E-state index in [0.717, 1.165) is 11.1 Å². The van der Waals surface area contributed by atoms with Gasteiger partial charge < -0.3 is 29.2 Å². The Kier molecular flexibility index (Phi) is 5.31. The summed E-state index contributed by atoms with van der Waals surface area (Å²) in [6.07, 6.45) is -5.04. The number of hydrogen-bond acceptors (Lipinski definition) is 6. The quantitative estimate of drug-likeness (QED) is 0.867. The summed E-state index contributed by atoms with van der Waals surface area (Å²) in [4.78, 5) is 0. The minimum atomic E-state index is -1.20. The normalized spacial score (nSPS) is 34.2. The maximum Gasteiger partial charge on any atom is 0.187 e. The molecule has 2 aliphatic rings. The number of ether oxygens (including phenoxy) is 4. The van der Waals surface area contributed by atoms with Gasteiger partial charge in [0, 0.05) is 5.56 Å². The third kappa shape index (κ3) is 3.66. The standard InChI is InChI=1S/C20H22O6/c21-16-17(22)20(23-11-13-7-3-1-4-8-13)25-15-12-24-19(26-18(15)16)14-9-5-2-6-10-14/h1-10,15-22H,11-12H2/t15-,16-,17-,18-,19-,20-/m0/s1. The van der Waals surface area contributed by atoms with Crippen LogP contribution in [0.25, 0.3) is 0 Å². The second-order valence-electron chi connectivity index (χ2n) is 6.50. The number of benzene rings is 2.